The number of hydrogen-bond acceptors (Lipinski definition) is 8. The van der Waals surface area contributed by atoms with E-state index in [9.17, 15) is 19.2 Å². The number of nitrogens with one attached hydrogen (secondary N) is 2. The number of carbonyl (C=O) groups is 2. The maximum Gasteiger partial charge on any atom is 0.260 e. The first-order valence-electron chi connectivity index (χ1n) is 12.3. The van der Waals surface area contributed by atoms with E-state index in [0.717, 1.165) is 23.9 Å². The number of piperidine rings is 1. The first kappa shape index (κ1) is 24.5. The van der Waals surface area contributed by atoms with Crippen LogP contribution in [0.4, 0.5) is 16.0 Å². The summed E-state index contributed by atoms with van der Waals surface area (Å²) in [5.74, 6) is -0.304. The Hall–Kier alpha value is -4.17. The Morgan fingerprint density at radius 3 is 2.59 bits per heavy atom. The monoisotopic (exact) mass is 502 g/mol. The van der Waals surface area contributed by atoms with Crippen LogP contribution in [0.3, 0.4) is 0 Å². The van der Waals surface area contributed by atoms with Gasteiger partial charge in [-0.1, -0.05) is 0 Å². The van der Waals surface area contributed by atoms with Crippen LogP contribution in [0.25, 0.3) is 10.9 Å². The van der Waals surface area contributed by atoms with Gasteiger partial charge in [0, 0.05) is 55.2 Å². The average molecular weight is 503 g/mol. The molecule has 0 spiro atoms. The number of likely N-dealkylation sites (tertiary alicyclic amines) is 2. The van der Waals surface area contributed by atoms with Gasteiger partial charge in [0.1, 0.15) is 12.2 Å². The van der Waals surface area contributed by atoms with Crippen LogP contribution in [0.5, 0.6) is 0 Å². The second-order valence-corrected chi connectivity index (χ2v) is 9.31. The molecule has 4 heterocycles. The van der Waals surface area contributed by atoms with Gasteiger partial charge in [-0.25, -0.2) is 14.4 Å². The number of rotatable bonds is 6. The van der Waals surface area contributed by atoms with Gasteiger partial charge >= 0.3 is 0 Å². The van der Waals surface area contributed by atoms with Crippen LogP contribution in [-0.4, -0.2) is 81.0 Å². The van der Waals surface area contributed by atoms with Crippen molar-refractivity contribution in [3.05, 3.63) is 54.5 Å². The molecule has 2 aromatic heterocycles. The fourth-order valence-electron chi connectivity index (χ4n) is 4.93. The lowest BCUT2D eigenvalue weighted by Gasteiger charge is -2.33. The number of benzene rings is 1. The molecule has 37 heavy (non-hydrogen) atoms. The molecule has 2 amide bonds. The number of fused-ring (bicyclic) bond motifs is 1. The predicted molar refractivity (Wildman–Crippen MR) is 135 cm³/mol. The molecule has 5 rings (SSSR count). The third-order valence-electron chi connectivity index (χ3n) is 6.83. The molecule has 2 aliphatic rings. The highest BCUT2D eigenvalue weighted by molar-refractivity contribution is 6.13. The Kier molecular flexibility index (Phi) is 7.18. The van der Waals surface area contributed by atoms with E-state index in [4.69, 9.17) is 0 Å². The number of aromatic nitrogens is 3. The summed E-state index contributed by atoms with van der Waals surface area (Å²) < 4.78 is 13.7. The molecule has 2 aliphatic heterocycles. The molecule has 11 heteroatoms. The van der Waals surface area contributed by atoms with Crippen molar-refractivity contribution in [2.45, 2.75) is 37.5 Å². The summed E-state index contributed by atoms with van der Waals surface area (Å²) in [7, 11) is 0. The molecular weight excluding hydrogens is 475 g/mol. The smallest absolute Gasteiger partial charge is 0.260 e. The van der Waals surface area contributed by atoms with E-state index in [0.29, 0.717) is 24.2 Å². The minimum Gasteiger partial charge on any atom is -0.382 e. The molecule has 2 fully saturated rings. The molecule has 190 valence electrons. The zero-order chi connectivity index (χ0) is 25.8. The highest BCUT2D eigenvalue weighted by Crippen LogP contribution is 2.28. The fourth-order valence-corrected chi connectivity index (χ4v) is 4.93. The van der Waals surface area contributed by atoms with Crippen LogP contribution in [0.15, 0.2) is 48.9 Å². The van der Waals surface area contributed by atoms with Crippen molar-refractivity contribution in [3.8, 4) is 6.07 Å². The van der Waals surface area contributed by atoms with E-state index in [2.05, 4.69) is 30.5 Å². The van der Waals surface area contributed by atoms with E-state index in [-0.39, 0.29) is 43.3 Å². The third-order valence-corrected chi connectivity index (χ3v) is 6.83. The molecule has 0 unspecified atom stereocenters. The van der Waals surface area contributed by atoms with Crippen LogP contribution in [-0.2, 0) is 4.79 Å². The Bertz CT molecular complexity index is 1320. The van der Waals surface area contributed by atoms with Gasteiger partial charge in [0.2, 0.25) is 11.9 Å². The molecule has 2 saturated heterocycles. The molecule has 10 nitrogen and oxygen atoms in total. The highest BCUT2D eigenvalue weighted by Gasteiger charge is 2.36. The van der Waals surface area contributed by atoms with Crippen molar-refractivity contribution in [2.75, 3.05) is 36.8 Å². The fraction of sp³-hybridized carbons (Fsp3) is 0.385. The number of nitrogens with zero attached hydrogens (tertiary/aromatic N) is 6. The van der Waals surface area contributed by atoms with E-state index < -0.39 is 12.2 Å². The number of halogens is 1. The summed E-state index contributed by atoms with van der Waals surface area (Å²) >= 11 is 0. The summed E-state index contributed by atoms with van der Waals surface area (Å²) in [4.78, 5) is 41.5. The SMILES string of the molecule is N#C[C@@H]1C[C@H](F)CN1C(=O)CN1CCC(Nc2ccc(C(=O)Nc3ncccn3)c3ncccc23)CC1. The number of hydrogen-bond donors (Lipinski definition) is 2. The average Bonchev–Trinajstić information content (AvgIpc) is 3.31. The van der Waals surface area contributed by atoms with Crippen LogP contribution < -0.4 is 10.6 Å². The van der Waals surface area contributed by atoms with Crippen molar-refractivity contribution >= 4 is 34.4 Å². The number of carbonyl (C=O) groups excluding carboxylic acids is 2. The zero-order valence-corrected chi connectivity index (χ0v) is 20.2. The van der Waals surface area contributed by atoms with Gasteiger partial charge in [-0.05, 0) is 43.2 Å². The van der Waals surface area contributed by atoms with E-state index >= 15 is 0 Å². The standard InChI is InChI=1S/C26H27FN8O2/c27-17-13-19(14-28)35(15-17)23(36)16-34-11-6-18(7-12-34)32-22-5-4-21(24-20(22)3-1-8-29-24)25(37)33-26-30-9-2-10-31-26/h1-5,8-10,17-19,32H,6-7,11-13,15-16H2,(H,30,31,33,37)/t17-,19-/m0/s1. The van der Waals surface area contributed by atoms with Gasteiger partial charge in [0.05, 0.1) is 30.2 Å². The predicted octanol–water partition coefficient (Wildman–Crippen LogP) is 2.62. The normalized spacial score (nSPS) is 20.5. The first-order valence-corrected chi connectivity index (χ1v) is 12.3. The van der Waals surface area contributed by atoms with E-state index in [1.807, 2.05) is 24.3 Å². The van der Waals surface area contributed by atoms with Crippen LogP contribution >= 0.6 is 0 Å². The number of amides is 2. The Morgan fingerprint density at radius 2 is 1.84 bits per heavy atom. The number of alkyl halides is 1. The van der Waals surface area contributed by atoms with Crippen molar-refractivity contribution in [1.29, 1.82) is 5.26 Å². The van der Waals surface area contributed by atoms with Crippen molar-refractivity contribution in [2.24, 2.45) is 0 Å². The molecular formula is C26H27FN8O2. The Labute approximate surface area is 213 Å². The second-order valence-electron chi connectivity index (χ2n) is 9.31. The zero-order valence-electron chi connectivity index (χ0n) is 20.2. The Morgan fingerprint density at radius 1 is 1.08 bits per heavy atom. The van der Waals surface area contributed by atoms with Crippen LogP contribution in [0.1, 0.15) is 29.6 Å². The summed E-state index contributed by atoms with van der Waals surface area (Å²) in [6.07, 6.45) is 5.37. The minimum atomic E-state index is -1.13. The van der Waals surface area contributed by atoms with Crippen molar-refractivity contribution in [3.63, 3.8) is 0 Å². The molecule has 2 atom stereocenters. The van der Waals surface area contributed by atoms with E-state index in [1.54, 1.807) is 30.7 Å². The van der Waals surface area contributed by atoms with Crippen LogP contribution in [0.2, 0.25) is 0 Å². The maximum absolute atomic E-state index is 13.7. The maximum atomic E-state index is 13.7. The Balaban J connectivity index is 1.21. The van der Waals surface area contributed by atoms with E-state index in [1.165, 1.54) is 4.90 Å². The molecule has 0 bridgehead atoms. The summed E-state index contributed by atoms with van der Waals surface area (Å²) in [6.45, 7) is 1.62. The van der Waals surface area contributed by atoms with Gasteiger partial charge in [0.15, 0.2) is 0 Å². The lowest BCUT2D eigenvalue weighted by atomic mass is 10.0. The number of anilines is 2. The second kappa shape index (κ2) is 10.8. The topological polar surface area (TPSA) is 127 Å². The quantitative estimate of drug-likeness (QED) is 0.527. The third kappa shape index (κ3) is 5.49. The largest absolute Gasteiger partial charge is 0.382 e. The van der Waals surface area contributed by atoms with Gasteiger partial charge in [-0.15, -0.1) is 0 Å². The summed E-state index contributed by atoms with van der Waals surface area (Å²) in [5, 5.41) is 16.3. The molecule has 0 saturated carbocycles. The van der Waals surface area contributed by atoms with Gasteiger partial charge < -0.3 is 10.2 Å². The molecule has 0 radical (unpaired) electrons. The molecule has 3 aromatic rings. The number of nitriles is 1. The first-order chi connectivity index (χ1) is 18.0. The van der Waals surface area contributed by atoms with Gasteiger partial charge in [0.25, 0.3) is 5.91 Å². The minimum absolute atomic E-state index is 0.00256. The lowest BCUT2D eigenvalue weighted by Crippen LogP contribution is -2.46. The molecule has 0 aliphatic carbocycles. The lowest BCUT2D eigenvalue weighted by molar-refractivity contribution is -0.132. The van der Waals surface area contributed by atoms with Gasteiger partial charge in [-0.3, -0.25) is 24.8 Å². The van der Waals surface area contributed by atoms with Crippen molar-refractivity contribution < 1.29 is 14.0 Å². The molecule has 1 aromatic carbocycles. The summed E-state index contributed by atoms with van der Waals surface area (Å²) in [5.41, 5.74) is 1.89. The van der Waals surface area contributed by atoms with Gasteiger partial charge in [-0.2, -0.15) is 5.26 Å². The highest BCUT2D eigenvalue weighted by atomic mass is 19.1. The number of pyridine rings is 1. The molecule has 2 N–H and O–H groups in total. The summed E-state index contributed by atoms with van der Waals surface area (Å²) in [6, 6.07) is 10.6. The van der Waals surface area contributed by atoms with Crippen LogP contribution in [0, 0.1) is 11.3 Å². The van der Waals surface area contributed by atoms with Crippen molar-refractivity contribution in [1.82, 2.24) is 24.8 Å².